The van der Waals surface area contributed by atoms with Gasteiger partial charge in [-0.3, -0.25) is 4.79 Å². The smallest absolute Gasteiger partial charge is 0.312 e. The summed E-state index contributed by atoms with van der Waals surface area (Å²) in [4.78, 5) is 12.1. The van der Waals surface area contributed by atoms with Gasteiger partial charge in [-0.05, 0) is 26.7 Å². The highest BCUT2D eigenvalue weighted by Gasteiger charge is 2.39. The van der Waals surface area contributed by atoms with Gasteiger partial charge in [0.2, 0.25) is 0 Å². The molecule has 0 aromatic heterocycles. The quantitative estimate of drug-likeness (QED) is 0.697. The predicted molar refractivity (Wildman–Crippen MR) is 63.2 cm³/mol. The molecule has 1 aliphatic rings. The molecule has 0 unspecified atom stereocenters. The molecule has 0 aromatic rings. The van der Waals surface area contributed by atoms with Crippen molar-refractivity contribution in [3.8, 4) is 0 Å². The van der Waals surface area contributed by atoms with E-state index < -0.39 is 5.41 Å². The first-order valence-corrected chi connectivity index (χ1v) is 6.09. The lowest BCUT2D eigenvalue weighted by atomic mass is 9.81. The van der Waals surface area contributed by atoms with Crippen LogP contribution in [0.2, 0.25) is 0 Å². The molecule has 1 saturated heterocycles. The van der Waals surface area contributed by atoms with E-state index in [1.807, 2.05) is 34.6 Å². The van der Waals surface area contributed by atoms with Gasteiger partial charge in [0.1, 0.15) is 5.60 Å². The highest BCUT2D eigenvalue weighted by Crippen LogP contribution is 2.32. The maximum atomic E-state index is 12.1. The van der Waals surface area contributed by atoms with E-state index in [4.69, 9.17) is 9.47 Å². The molecule has 1 fully saturated rings. The molecule has 94 valence electrons. The lowest BCUT2D eigenvalue weighted by Gasteiger charge is -2.37. The zero-order valence-corrected chi connectivity index (χ0v) is 11.1. The average molecular weight is 228 g/mol. The van der Waals surface area contributed by atoms with E-state index in [0.717, 1.165) is 12.8 Å². The normalized spacial score (nSPS) is 20.9. The molecule has 0 spiro atoms. The van der Waals surface area contributed by atoms with Crippen molar-refractivity contribution in [3.63, 3.8) is 0 Å². The molecular formula is C13H24O3. The van der Waals surface area contributed by atoms with E-state index in [9.17, 15) is 4.79 Å². The highest BCUT2D eigenvalue weighted by atomic mass is 16.6. The summed E-state index contributed by atoms with van der Waals surface area (Å²) in [5.74, 6) is 0.190. The second-order valence-electron chi connectivity index (χ2n) is 5.83. The Morgan fingerprint density at radius 1 is 1.31 bits per heavy atom. The third-order valence-electron chi connectivity index (χ3n) is 3.86. The molecule has 0 aliphatic carbocycles. The third-order valence-corrected chi connectivity index (χ3v) is 3.86. The van der Waals surface area contributed by atoms with Crippen LogP contribution in [-0.4, -0.2) is 24.8 Å². The SMILES string of the molecule is CC(C)C(C)(C)C(=O)OC1(C)CCOCC1. The average Bonchev–Trinajstić information content (AvgIpc) is 2.17. The van der Waals surface area contributed by atoms with Crippen molar-refractivity contribution in [2.24, 2.45) is 11.3 Å². The molecule has 0 bridgehead atoms. The zero-order valence-electron chi connectivity index (χ0n) is 11.1. The van der Waals surface area contributed by atoms with E-state index in [2.05, 4.69) is 0 Å². The topological polar surface area (TPSA) is 35.5 Å². The van der Waals surface area contributed by atoms with Crippen LogP contribution in [0, 0.1) is 11.3 Å². The fraction of sp³-hybridized carbons (Fsp3) is 0.923. The number of carbonyl (C=O) groups excluding carboxylic acids is 1. The molecule has 3 nitrogen and oxygen atoms in total. The Balaban J connectivity index is 2.62. The molecule has 0 N–H and O–H groups in total. The molecule has 0 saturated carbocycles. The van der Waals surface area contributed by atoms with Crippen molar-refractivity contribution in [1.29, 1.82) is 0 Å². The van der Waals surface area contributed by atoms with Crippen LogP contribution in [-0.2, 0) is 14.3 Å². The summed E-state index contributed by atoms with van der Waals surface area (Å²) in [6.45, 7) is 11.4. The minimum absolute atomic E-state index is 0.0908. The second-order valence-corrected chi connectivity index (χ2v) is 5.83. The molecule has 1 heterocycles. The minimum atomic E-state index is -0.415. The van der Waals surface area contributed by atoms with Gasteiger partial charge in [-0.25, -0.2) is 0 Å². The first-order valence-electron chi connectivity index (χ1n) is 6.09. The van der Waals surface area contributed by atoms with Gasteiger partial charge in [0, 0.05) is 12.8 Å². The Morgan fingerprint density at radius 2 is 1.81 bits per heavy atom. The van der Waals surface area contributed by atoms with Gasteiger partial charge in [-0.15, -0.1) is 0 Å². The Bertz CT molecular complexity index is 250. The van der Waals surface area contributed by atoms with E-state index in [1.165, 1.54) is 0 Å². The Hall–Kier alpha value is -0.570. The van der Waals surface area contributed by atoms with Gasteiger partial charge in [-0.2, -0.15) is 0 Å². The highest BCUT2D eigenvalue weighted by molar-refractivity contribution is 5.76. The molecule has 1 aliphatic heterocycles. The van der Waals surface area contributed by atoms with Crippen molar-refractivity contribution in [2.75, 3.05) is 13.2 Å². The molecule has 1 rings (SSSR count). The summed E-state index contributed by atoms with van der Waals surface area (Å²) in [5.41, 5.74) is -0.747. The molecule has 0 aromatic carbocycles. The molecule has 0 atom stereocenters. The summed E-state index contributed by atoms with van der Waals surface area (Å²) in [6.07, 6.45) is 1.60. The molecule has 0 radical (unpaired) electrons. The van der Waals surface area contributed by atoms with Crippen LogP contribution in [0.4, 0.5) is 0 Å². The van der Waals surface area contributed by atoms with Gasteiger partial charge in [0.15, 0.2) is 0 Å². The zero-order chi connectivity index (χ0) is 12.4. The van der Waals surface area contributed by atoms with Gasteiger partial charge in [0.25, 0.3) is 0 Å². The van der Waals surface area contributed by atoms with Crippen LogP contribution < -0.4 is 0 Å². The molecule has 0 amide bonds. The van der Waals surface area contributed by atoms with Gasteiger partial charge in [0.05, 0.1) is 18.6 Å². The monoisotopic (exact) mass is 228 g/mol. The Kier molecular flexibility index (Phi) is 4.00. The van der Waals surface area contributed by atoms with Crippen LogP contribution in [0.1, 0.15) is 47.5 Å². The lowest BCUT2D eigenvalue weighted by molar-refractivity contribution is -0.179. The fourth-order valence-corrected chi connectivity index (χ4v) is 1.50. The van der Waals surface area contributed by atoms with Crippen molar-refractivity contribution < 1.29 is 14.3 Å². The lowest BCUT2D eigenvalue weighted by Crippen LogP contribution is -2.43. The number of rotatable bonds is 3. The van der Waals surface area contributed by atoms with Crippen LogP contribution in [0.15, 0.2) is 0 Å². The van der Waals surface area contributed by atoms with Crippen LogP contribution in [0.3, 0.4) is 0 Å². The van der Waals surface area contributed by atoms with E-state index >= 15 is 0 Å². The van der Waals surface area contributed by atoms with Gasteiger partial charge >= 0.3 is 5.97 Å². The van der Waals surface area contributed by atoms with Crippen LogP contribution in [0.5, 0.6) is 0 Å². The van der Waals surface area contributed by atoms with Crippen molar-refractivity contribution in [2.45, 2.75) is 53.1 Å². The molecular weight excluding hydrogens is 204 g/mol. The molecule has 3 heteroatoms. The summed E-state index contributed by atoms with van der Waals surface area (Å²) >= 11 is 0. The maximum Gasteiger partial charge on any atom is 0.312 e. The maximum absolute atomic E-state index is 12.1. The Morgan fingerprint density at radius 3 is 2.25 bits per heavy atom. The number of hydrogen-bond acceptors (Lipinski definition) is 3. The van der Waals surface area contributed by atoms with Crippen LogP contribution in [0.25, 0.3) is 0 Å². The number of ether oxygens (including phenoxy) is 2. The predicted octanol–water partition coefficient (Wildman–Crippen LogP) is 2.78. The number of esters is 1. The standard InChI is InChI=1S/C13H24O3/c1-10(2)12(3,4)11(14)16-13(5)6-8-15-9-7-13/h10H,6-9H2,1-5H3. The third kappa shape index (κ3) is 2.97. The molecule has 16 heavy (non-hydrogen) atoms. The van der Waals surface area contributed by atoms with Gasteiger partial charge in [-0.1, -0.05) is 13.8 Å². The minimum Gasteiger partial charge on any atom is -0.459 e. The first-order chi connectivity index (χ1) is 7.28. The van der Waals surface area contributed by atoms with Crippen LogP contribution >= 0.6 is 0 Å². The largest absolute Gasteiger partial charge is 0.459 e. The number of hydrogen-bond donors (Lipinski definition) is 0. The van der Waals surface area contributed by atoms with E-state index in [-0.39, 0.29) is 17.5 Å². The summed E-state index contributed by atoms with van der Waals surface area (Å²) in [5, 5.41) is 0. The van der Waals surface area contributed by atoms with E-state index in [0.29, 0.717) is 13.2 Å². The first kappa shape index (κ1) is 13.5. The van der Waals surface area contributed by atoms with E-state index in [1.54, 1.807) is 0 Å². The van der Waals surface area contributed by atoms with Crippen molar-refractivity contribution in [1.82, 2.24) is 0 Å². The second kappa shape index (κ2) is 4.74. The van der Waals surface area contributed by atoms with Gasteiger partial charge < -0.3 is 9.47 Å². The Labute approximate surface area is 98.5 Å². The van der Waals surface area contributed by atoms with Crippen molar-refractivity contribution in [3.05, 3.63) is 0 Å². The summed E-state index contributed by atoms with van der Waals surface area (Å²) in [7, 11) is 0. The van der Waals surface area contributed by atoms with Crippen molar-refractivity contribution >= 4 is 5.97 Å². The fourth-order valence-electron chi connectivity index (χ4n) is 1.50. The summed E-state index contributed by atoms with van der Waals surface area (Å²) in [6, 6.07) is 0. The number of carbonyl (C=O) groups is 1. The summed E-state index contributed by atoms with van der Waals surface area (Å²) < 4.78 is 11.0.